The predicted octanol–water partition coefficient (Wildman–Crippen LogP) is -1.71. The summed E-state index contributed by atoms with van der Waals surface area (Å²) in [6, 6.07) is 6.28. The smallest absolute Gasteiger partial charge is 0.245 e. The molecule has 0 fully saturated rings. The van der Waals surface area contributed by atoms with Crippen molar-refractivity contribution in [2.45, 2.75) is 43.5 Å². The Kier molecular flexibility index (Phi) is 9.64. The van der Waals surface area contributed by atoms with Gasteiger partial charge >= 0.3 is 0 Å². The molecule has 1 aliphatic rings. The van der Waals surface area contributed by atoms with Crippen LogP contribution in [0.1, 0.15) is 17.5 Å². The van der Waals surface area contributed by atoms with Crippen molar-refractivity contribution in [2.75, 3.05) is 26.7 Å². The van der Waals surface area contributed by atoms with Gasteiger partial charge in [-0.3, -0.25) is 14.4 Å². The van der Waals surface area contributed by atoms with E-state index in [1.807, 2.05) is 0 Å². The molecule has 2 aromatic rings. The first kappa shape index (κ1) is 28.9. The maximum Gasteiger partial charge on any atom is 0.245 e. The summed E-state index contributed by atoms with van der Waals surface area (Å²) in [5, 5.41) is 36.5. The van der Waals surface area contributed by atoms with Crippen LogP contribution in [0.5, 0.6) is 11.5 Å². The average molecular weight is 529 g/mol. The molecule has 4 atom stereocenters. The number of nitrogens with two attached hydrogens (primary N) is 3. The number of likely N-dealkylation sites (N-methyl/N-ethyl adjacent to an activating group) is 1. The van der Waals surface area contributed by atoms with Crippen molar-refractivity contribution in [2.24, 2.45) is 17.2 Å². The van der Waals surface area contributed by atoms with Gasteiger partial charge in [-0.05, 0) is 46.5 Å². The van der Waals surface area contributed by atoms with Gasteiger partial charge in [-0.1, -0.05) is 12.1 Å². The number of amides is 3. The third-order valence-electron chi connectivity index (χ3n) is 6.64. The molecule has 3 rings (SSSR count). The highest BCUT2D eigenvalue weighted by molar-refractivity contribution is 5.93. The Morgan fingerprint density at radius 1 is 1.08 bits per heavy atom. The molecule has 0 saturated heterocycles. The third-order valence-corrected chi connectivity index (χ3v) is 6.64. The van der Waals surface area contributed by atoms with Crippen LogP contribution in [0.2, 0.25) is 0 Å². The Balaban J connectivity index is 2.15. The van der Waals surface area contributed by atoms with Crippen LogP contribution in [0.15, 0.2) is 36.4 Å². The lowest BCUT2D eigenvalue weighted by atomic mass is 9.95. The van der Waals surface area contributed by atoms with E-state index in [4.69, 9.17) is 17.2 Å². The minimum atomic E-state index is -1.24. The molecule has 38 heavy (non-hydrogen) atoms. The largest absolute Gasteiger partial charge is 0.508 e. The van der Waals surface area contributed by atoms with Crippen LogP contribution in [0.3, 0.4) is 0 Å². The standard InChI is InChI=1S/C26H36N6O6/c1-32-21(25(37)30-7-6-27)11-17-9-15(3-5-23(17)35)14-2-4-22(34)16(8-14)10-19(29)24(36)31-20(26(32)38)12-18(33)13-28/h2-5,8-9,18-21,33-35H,6-7,10-13,27-29H2,1H3,(H,30,37)(H,31,36)/t18-,19-,20-,21-/m0/s1. The first-order valence-electron chi connectivity index (χ1n) is 12.4. The van der Waals surface area contributed by atoms with Crippen molar-refractivity contribution >= 4 is 17.7 Å². The highest BCUT2D eigenvalue weighted by Crippen LogP contribution is 2.31. The number of hydrogen-bond donors (Lipinski definition) is 8. The number of hydrogen-bond acceptors (Lipinski definition) is 9. The predicted molar refractivity (Wildman–Crippen MR) is 141 cm³/mol. The fourth-order valence-electron chi connectivity index (χ4n) is 4.38. The molecule has 12 heteroatoms. The van der Waals surface area contributed by atoms with Crippen LogP contribution in [-0.4, -0.2) is 88.9 Å². The number of aliphatic hydroxyl groups excluding tert-OH is 1. The number of phenolic OH excluding ortho intramolecular Hbond substituents is 2. The molecule has 12 nitrogen and oxygen atoms in total. The first-order chi connectivity index (χ1) is 18.0. The van der Waals surface area contributed by atoms with E-state index in [9.17, 15) is 29.7 Å². The number of phenols is 2. The summed E-state index contributed by atoms with van der Waals surface area (Å²) in [6.45, 7) is 0.192. The van der Waals surface area contributed by atoms with Gasteiger partial charge in [0.2, 0.25) is 17.7 Å². The lowest BCUT2D eigenvalue weighted by molar-refractivity contribution is -0.142. The lowest BCUT2D eigenvalue weighted by Gasteiger charge is -2.32. The second kappa shape index (κ2) is 12.7. The maximum absolute atomic E-state index is 13.6. The van der Waals surface area contributed by atoms with Gasteiger partial charge in [0, 0.05) is 45.9 Å². The highest BCUT2D eigenvalue weighted by atomic mass is 16.3. The quantitative estimate of drug-likeness (QED) is 0.214. The maximum atomic E-state index is 13.6. The normalized spacial score (nSPS) is 21.2. The van der Waals surface area contributed by atoms with Crippen molar-refractivity contribution in [1.29, 1.82) is 0 Å². The van der Waals surface area contributed by atoms with Gasteiger partial charge in [0.25, 0.3) is 0 Å². The Hall–Kier alpha value is -3.71. The molecule has 0 aromatic heterocycles. The number of rotatable bonds is 6. The summed E-state index contributed by atoms with van der Waals surface area (Å²) >= 11 is 0. The number of benzene rings is 2. The van der Waals surface area contributed by atoms with Crippen LogP contribution in [0.25, 0.3) is 11.1 Å². The molecule has 3 amide bonds. The van der Waals surface area contributed by atoms with Crippen molar-refractivity contribution in [3.8, 4) is 22.6 Å². The molecule has 1 heterocycles. The fraction of sp³-hybridized carbons (Fsp3) is 0.423. The lowest BCUT2D eigenvalue weighted by Crippen LogP contribution is -2.58. The number of nitrogens with one attached hydrogen (secondary N) is 2. The van der Waals surface area contributed by atoms with Gasteiger partial charge < -0.3 is 48.1 Å². The minimum absolute atomic E-state index is 0.0310. The van der Waals surface area contributed by atoms with E-state index < -0.39 is 42.0 Å². The zero-order valence-electron chi connectivity index (χ0n) is 21.3. The topological polar surface area (TPSA) is 217 Å². The summed E-state index contributed by atoms with van der Waals surface area (Å²) in [5.74, 6) is -1.96. The Bertz CT molecular complexity index is 1170. The fourth-order valence-corrected chi connectivity index (χ4v) is 4.38. The van der Waals surface area contributed by atoms with Crippen LogP contribution in [0, 0.1) is 0 Å². The molecule has 0 unspecified atom stereocenters. The van der Waals surface area contributed by atoms with E-state index >= 15 is 0 Å². The van der Waals surface area contributed by atoms with E-state index in [1.54, 1.807) is 24.3 Å². The minimum Gasteiger partial charge on any atom is -0.508 e. The molecule has 1 aliphatic heterocycles. The third kappa shape index (κ3) is 6.78. The van der Waals surface area contributed by atoms with Crippen LogP contribution in [0.4, 0.5) is 0 Å². The van der Waals surface area contributed by atoms with Gasteiger partial charge in [0.05, 0.1) is 12.1 Å². The number of fused-ring (bicyclic) bond motifs is 5. The van der Waals surface area contributed by atoms with Crippen molar-refractivity contribution < 1.29 is 29.7 Å². The van der Waals surface area contributed by atoms with Gasteiger partial charge in [0.15, 0.2) is 0 Å². The molecule has 2 aromatic carbocycles. The van der Waals surface area contributed by atoms with Crippen molar-refractivity contribution in [3.63, 3.8) is 0 Å². The average Bonchev–Trinajstić information content (AvgIpc) is 2.90. The molecule has 206 valence electrons. The Morgan fingerprint density at radius 3 is 2.21 bits per heavy atom. The summed E-state index contributed by atoms with van der Waals surface area (Å²) in [4.78, 5) is 40.9. The van der Waals surface area contributed by atoms with Crippen molar-refractivity contribution in [1.82, 2.24) is 15.5 Å². The van der Waals surface area contributed by atoms with Crippen LogP contribution >= 0.6 is 0 Å². The zero-order chi connectivity index (χ0) is 28.0. The SMILES string of the molecule is CN1C(=O)[C@H](C[C@H](O)CN)NC(=O)[C@@H](N)Cc2cc(ccc2O)-c2ccc(O)c(c2)C[C@H]1C(=O)NCCN. The molecule has 0 saturated carbocycles. The molecule has 0 spiro atoms. The summed E-state index contributed by atoms with van der Waals surface area (Å²) in [5.41, 5.74) is 19.4. The number of aliphatic hydroxyl groups is 1. The van der Waals surface area contributed by atoms with E-state index in [-0.39, 0.29) is 50.4 Å². The van der Waals surface area contributed by atoms with E-state index in [2.05, 4.69) is 10.6 Å². The molecule has 0 radical (unpaired) electrons. The molecular formula is C26H36N6O6. The van der Waals surface area contributed by atoms with Gasteiger partial charge in [-0.2, -0.15) is 0 Å². The van der Waals surface area contributed by atoms with E-state index in [1.165, 1.54) is 24.1 Å². The zero-order valence-corrected chi connectivity index (χ0v) is 21.3. The molecule has 11 N–H and O–H groups in total. The number of carbonyl (C=O) groups is 3. The summed E-state index contributed by atoms with van der Waals surface area (Å²) in [7, 11) is 1.41. The second-order valence-electron chi connectivity index (χ2n) is 9.43. The molecular weight excluding hydrogens is 492 g/mol. The number of aromatic hydroxyl groups is 2. The summed E-state index contributed by atoms with van der Waals surface area (Å²) in [6.07, 6.45) is -1.40. The van der Waals surface area contributed by atoms with Gasteiger partial charge in [-0.15, -0.1) is 0 Å². The number of nitrogens with zero attached hydrogens (tertiary/aromatic N) is 1. The highest BCUT2D eigenvalue weighted by Gasteiger charge is 2.34. The number of carbonyl (C=O) groups excluding carboxylic acids is 3. The molecule has 4 bridgehead atoms. The second-order valence-corrected chi connectivity index (χ2v) is 9.43. The monoisotopic (exact) mass is 528 g/mol. The van der Waals surface area contributed by atoms with Crippen LogP contribution in [-0.2, 0) is 27.2 Å². The first-order valence-corrected chi connectivity index (χ1v) is 12.4. The van der Waals surface area contributed by atoms with Gasteiger partial charge in [-0.25, -0.2) is 0 Å². The van der Waals surface area contributed by atoms with Crippen molar-refractivity contribution in [3.05, 3.63) is 47.5 Å². The van der Waals surface area contributed by atoms with E-state index in [0.29, 0.717) is 22.3 Å². The Labute approximate surface area is 220 Å². The summed E-state index contributed by atoms with van der Waals surface area (Å²) < 4.78 is 0. The Morgan fingerprint density at radius 2 is 1.66 bits per heavy atom. The molecule has 0 aliphatic carbocycles. The van der Waals surface area contributed by atoms with E-state index in [0.717, 1.165) is 0 Å². The van der Waals surface area contributed by atoms with Crippen LogP contribution < -0.4 is 27.8 Å². The van der Waals surface area contributed by atoms with Gasteiger partial charge in [0.1, 0.15) is 23.6 Å².